The van der Waals surface area contributed by atoms with Gasteiger partial charge >= 0.3 is 0 Å². The van der Waals surface area contributed by atoms with Gasteiger partial charge in [0.2, 0.25) is 12.3 Å². The van der Waals surface area contributed by atoms with Crippen LogP contribution in [0.15, 0.2) is 0 Å². The third-order valence-electron chi connectivity index (χ3n) is 2.76. The summed E-state index contributed by atoms with van der Waals surface area (Å²) < 4.78 is 0. The van der Waals surface area contributed by atoms with Gasteiger partial charge in [-0.3, -0.25) is 9.59 Å². The van der Waals surface area contributed by atoms with Crippen molar-refractivity contribution in [2.24, 2.45) is 0 Å². The van der Waals surface area contributed by atoms with Crippen LogP contribution in [-0.2, 0) is 9.59 Å². The molecule has 1 fully saturated rings. The highest BCUT2D eigenvalue weighted by atomic mass is 16.1. The second-order valence-electron chi connectivity index (χ2n) is 4.05. The molecule has 1 saturated carbocycles. The van der Waals surface area contributed by atoms with Gasteiger partial charge in [0.25, 0.3) is 0 Å². The Kier molecular flexibility index (Phi) is 42.5. The Balaban J connectivity index is -0.000000121. The molecule has 23 heavy (non-hydrogen) atoms. The number of nitrogens with one attached hydrogen (secondary N) is 3. The van der Waals surface area contributed by atoms with Crippen molar-refractivity contribution in [3.8, 4) is 0 Å². The molecule has 0 saturated heterocycles. The Labute approximate surface area is 145 Å². The number of hydrogen-bond acceptors (Lipinski definition) is 3. The summed E-state index contributed by atoms with van der Waals surface area (Å²) in [4.78, 5) is 20.2. The molecule has 2 amide bonds. The molecular formula is C18H43N3O2. The quantitative estimate of drug-likeness (QED) is 0.515. The number of carbonyl (C=O) groups excluding carboxylic acids is 2. The lowest BCUT2D eigenvalue weighted by molar-refractivity contribution is -0.120. The largest absolute Gasteiger partial charge is 0.357 e. The fourth-order valence-electron chi connectivity index (χ4n) is 1.67. The zero-order valence-electron chi connectivity index (χ0n) is 16.9. The van der Waals surface area contributed by atoms with Gasteiger partial charge < -0.3 is 16.0 Å². The monoisotopic (exact) mass is 333 g/mol. The molecule has 0 aromatic heterocycles. The normalized spacial score (nSPS) is 11.7. The standard InChI is InChI=1S/C6H12N2O2.C6H13N.3C2H6/c1-2-6(10)8-4-3-7-5-9;1-7-6-4-2-3-5-6;3*1-2/h5H,2-4H2,1H3,(H,7,9)(H,8,10);6-7H,2-5H2,1H3;3*1-2H3. The van der Waals surface area contributed by atoms with Gasteiger partial charge in [0.15, 0.2) is 0 Å². The van der Waals surface area contributed by atoms with Crippen LogP contribution < -0.4 is 16.0 Å². The molecule has 5 heteroatoms. The molecule has 0 radical (unpaired) electrons. The van der Waals surface area contributed by atoms with Gasteiger partial charge in [0.1, 0.15) is 0 Å². The molecule has 1 aliphatic carbocycles. The van der Waals surface area contributed by atoms with Crippen LogP contribution in [0.1, 0.15) is 80.6 Å². The SMILES string of the molecule is CC.CC.CC.CCC(=O)NCCNC=O.CNC1CCCC1. The number of rotatable bonds is 6. The maximum absolute atomic E-state index is 10.5. The van der Waals surface area contributed by atoms with Crippen molar-refractivity contribution in [1.82, 2.24) is 16.0 Å². The van der Waals surface area contributed by atoms with Gasteiger partial charge in [-0.25, -0.2) is 0 Å². The minimum atomic E-state index is 0.00713. The first-order valence-corrected chi connectivity index (χ1v) is 9.35. The third-order valence-corrected chi connectivity index (χ3v) is 2.76. The van der Waals surface area contributed by atoms with E-state index in [0.29, 0.717) is 25.9 Å². The second kappa shape index (κ2) is 32.7. The molecule has 3 N–H and O–H groups in total. The number of hydrogen-bond donors (Lipinski definition) is 3. The summed E-state index contributed by atoms with van der Waals surface area (Å²) in [6.45, 7) is 14.8. The summed E-state index contributed by atoms with van der Waals surface area (Å²) in [5.74, 6) is 0.00713. The molecule has 0 unspecified atom stereocenters. The van der Waals surface area contributed by atoms with Crippen LogP contribution in [0.3, 0.4) is 0 Å². The topological polar surface area (TPSA) is 70.2 Å². The van der Waals surface area contributed by atoms with Gasteiger partial charge in [-0.2, -0.15) is 0 Å². The van der Waals surface area contributed by atoms with E-state index in [1.165, 1.54) is 25.7 Å². The number of carbonyl (C=O) groups is 2. The van der Waals surface area contributed by atoms with Crippen LogP contribution in [0, 0.1) is 0 Å². The van der Waals surface area contributed by atoms with Crippen LogP contribution in [0.5, 0.6) is 0 Å². The highest BCUT2D eigenvalue weighted by molar-refractivity contribution is 5.75. The van der Waals surface area contributed by atoms with E-state index in [1.807, 2.05) is 41.5 Å². The van der Waals surface area contributed by atoms with E-state index >= 15 is 0 Å². The molecule has 0 spiro atoms. The van der Waals surface area contributed by atoms with E-state index in [-0.39, 0.29) is 5.91 Å². The average molecular weight is 334 g/mol. The first-order valence-electron chi connectivity index (χ1n) is 9.35. The van der Waals surface area contributed by atoms with E-state index in [1.54, 1.807) is 6.92 Å². The van der Waals surface area contributed by atoms with Crippen molar-refractivity contribution in [1.29, 1.82) is 0 Å². The van der Waals surface area contributed by atoms with Crippen molar-refractivity contribution >= 4 is 12.3 Å². The first kappa shape index (κ1) is 29.9. The van der Waals surface area contributed by atoms with E-state index in [0.717, 1.165) is 6.04 Å². The van der Waals surface area contributed by atoms with Gasteiger partial charge in [0, 0.05) is 25.6 Å². The van der Waals surface area contributed by atoms with Gasteiger partial charge in [-0.1, -0.05) is 61.3 Å². The molecule has 0 aromatic carbocycles. The summed E-state index contributed by atoms with van der Waals surface area (Å²) in [5.41, 5.74) is 0. The number of amides is 2. The molecule has 1 rings (SSSR count). The van der Waals surface area contributed by atoms with Gasteiger partial charge in [-0.15, -0.1) is 0 Å². The highest BCUT2D eigenvalue weighted by Gasteiger charge is 2.10. The van der Waals surface area contributed by atoms with Crippen LogP contribution >= 0.6 is 0 Å². The van der Waals surface area contributed by atoms with E-state index < -0.39 is 0 Å². The fraction of sp³-hybridized carbons (Fsp3) is 0.889. The van der Waals surface area contributed by atoms with Crippen molar-refractivity contribution in [2.45, 2.75) is 86.6 Å². The van der Waals surface area contributed by atoms with E-state index in [2.05, 4.69) is 23.0 Å². The summed E-state index contributed by atoms with van der Waals surface area (Å²) in [5, 5.41) is 8.30. The average Bonchev–Trinajstić information content (AvgIpc) is 3.18. The zero-order chi connectivity index (χ0) is 18.9. The van der Waals surface area contributed by atoms with Crippen molar-refractivity contribution < 1.29 is 9.59 Å². The van der Waals surface area contributed by atoms with Crippen LogP contribution in [0.4, 0.5) is 0 Å². The first-order chi connectivity index (χ1) is 11.2. The van der Waals surface area contributed by atoms with Crippen LogP contribution in [0.2, 0.25) is 0 Å². The lowest BCUT2D eigenvalue weighted by Gasteiger charge is -2.03. The Morgan fingerprint density at radius 3 is 1.78 bits per heavy atom. The molecule has 5 nitrogen and oxygen atoms in total. The summed E-state index contributed by atoms with van der Waals surface area (Å²) >= 11 is 0. The summed E-state index contributed by atoms with van der Waals surface area (Å²) in [6, 6.07) is 0.847. The smallest absolute Gasteiger partial charge is 0.219 e. The minimum Gasteiger partial charge on any atom is -0.357 e. The predicted molar refractivity (Wildman–Crippen MR) is 103 cm³/mol. The lowest BCUT2D eigenvalue weighted by Crippen LogP contribution is -2.30. The molecule has 142 valence electrons. The molecule has 0 aliphatic heterocycles. The highest BCUT2D eigenvalue weighted by Crippen LogP contribution is 2.16. The molecular weight excluding hydrogens is 290 g/mol. The zero-order valence-corrected chi connectivity index (χ0v) is 16.9. The van der Waals surface area contributed by atoms with Gasteiger partial charge in [-0.05, 0) is 19.9 Å². The maximum atomic E-state index is 10.5. The minimum absolute atomic E-state index is 0.00713. The van der Waals surface area contributed by atoms with E-state index in [4.69, 9.17) is 0 Å². The fourth-order valence-corrected chi connectivity index (χ4v) is 1.67. The van der Waals surface area contributed by atoms with E-state index in [9.17, 15) is 9.59 Å². The molecule has 0 aromatic rings. The lowest BCUT2D eigenvalue weighted by atomic mass is 10.3. The van der Waals surface area contributed by atoms with Crippen LogP contribution in [-0.4, -0.2) is 38.5 Å². The molecule has 0 bridgehead atoms. The van der Waals surface area contributed by atoms with Crippen molar-refractivity contribution in [2.75, 3.05) is 20.1 Å². The Morgan fingerprint density at radius 2 is 1.48 bits per heavy atom. The van der Waals surface area contributed by atoms with Gasteiger partial charge in [0.05, 0.1) is 0 Å². The van der Waals surface area contributed by atoms with Crippen molar-refractivity contribution in [3.63, 3.8) is 0 Å². The molecule has 1 aliphatic rings. The Hall–Kier alpha value is -1.10. The predicted octanol–water partition coefficient (Wildman–Crippen LogP) is 3.49. The Bertz CT molecular complexity index is 206. The summed E-state index contributed by atoms with van der Waals surface area (Å²) in [7, 11) is 2.05. The maximum Gasteiger partial charge on any atom is 0.219 e. The second-order valence-corrected chi connectivity index (χ2v) is 4.05. The molecule has 0 heterocycles. The third kappa shape index (κ3) is 29.5. The Morgan fingerprint density at radius 1 is 1.00 bits per heavy atom. The molecule has 0 atom stereocenters. The summed E-state index contributed by atoms with van der Waals surface area (Å²) in [6.07, 6.45) is 6.77. The van der Waals surface area contributed by atoms with Crippen molar-refractivity contribution in [3.05, 3.63) is 0 Å². The van der Waals surface area contributed by atoms with Crippen LogP contribution in [0.25, 0.3) is 0 Å².